The van der Waals surface area contributed by atoms with Crippen LogP contribution < -0.4 is 16.0 Å². The lowest BCUT2D eigenvalue weighted by Crippen LogP contribution is -2.24. The standard InChI is InChI=1S/C21H29N3O3/c1-3-4-17-14-18(25)7-6-16(17)10-12-23-11-9-15-5-8-20(26)19(13-15)24-21(27)22-2/h5-8,13-14,23,25-26H,3-4,9-12H2,1-2H3,(H2,22,24,27). The van der Waals surface area contributed by atoms with Crippen LogP contribution in [0.1, 0.15) is 30.0 Å². The molecule has 0 radical (unpaired) electrons. The van der Waals surface area contributed by atoms with E-state index in [-0.39, 0.29) is 11.8 Å². The van der Waals surface area contributed by atoms with Gasteiger partial charge in [-0.2, -0.15) is 0 Å². The van der Waals surface area contributed by atoms with Gasteiger partial charge in [-0.05, 0) is 73.3 Å². The maximum absolute atomic E-state index is 11.4. The lowest BCUT2D eigenvalue weighted by Gasteiger charge is -2.11. The average Bonchev–Trinajstić information content (AvgIpc) is 2.65. The number of hydrogen-bond acceptors (Lipinski definition) is 4. The molecule has 0 unspecified atom stereocenters. The number of carbonyl (C=O) groups excluding carboxylic acids is 1. The second-order valence-electron chi connectivity index (χ2n) is 6.51. The Labute approximate surface area is 160 Å². The third-order valence-corrected chi connectivity index (χ3v) is 4.41. The summed E-state index contributed by atoms with van der Waals surface area (Å²) in [7, 11) is 1.53. The van der Waals surface area contributed by atoms with Crippen molar-refractivity contribution >= 4 is 11.7 Å². The van der Waals surface area contributed by atoms with Gasteiger partial charge in [0.1, 0.15) is 11.5 Å². The lowest BCUT2D eigenvalue weighted by molar-refractivity contribution is 0.254. The van der Waals surface area contributed by atoms with E-state index in [0.717, 1.165) is 44.3 Å². The van der Waals surface area contributed by atoms with Crippen molar-refractivity contribution in [1.29, 1.82) is 0 Å². The number of nitrogens with one attached hydrogen (secondary N) is 3. The monoisotopic (exact) mass is 371 g/mol. The molecule has 27 heavy (non-hydrogen) atoms. The Morgan fingerprint density at radius 1 is 0.963 bits per heavy atom. The van der Waals surface area contributed by atoms with E-state index in [0.29, 0.717) is 11.4 Å². The number of phenolic OH excluding ortho intramolecular Hbond substituents is 2. The maximum atomic E-state index is 11.4. The minimum Gasteiger partial charge on any atom is -0.508 e. The van der Waals surface area contributed by atoms with Gasteiger partial charge in [0.2, 0.25) is 0 Å². The molecule has 0 aliphatic heterocycles. The zero-order valence-corrected chi connectivity index (χ0v) is 16.0. The van der Waals surface area contributed by atoms with E-state index in [1.54, 1.807) is 18.2 Å². The molecule has 0 aliphatic rings. The molecule has 5 N–H and O–H groups in total. The van der Waals surface area contributed by atoms with Crippen LogP contribution in [0.5, 0.6) is 11.5 Å². The van der Waals surface area contributed by atoms with Gasteiger partial charge in [0.25, 0.3) is 0 Å². The van der Waals surface area contributed by atoms with Crippen LogP contribution in [0.25, 0.3) is 0 Å². The molecule has 2 aromatic carbocycles. The zero-order chi connectivity index (χ0) is 19.6. The van der Waals surface area contributed by atoms with Gasteiger partial charge in [0.15, 0.2) is 0 Å². The first-order valence-corrected chi connectivity index (χ1v) is 9.35. The topological polar surface area (TPSA) is 93.6 Å². The van der Waals surface area contributed by atoms with E-state index in [9.17, 15) is 15.0 Å². The number of amides is 2. The Bertz CT molecular complexity index is 762. The number of phenols is 2. The molecule has 2 rings (SSSR count). The van der Waals surface area contributed by atoms with Gasteiger partial charge in [-0.3, -0.25) is 0 Å². The molecule has 0 heterocycles. The molecule has 0 aromatic heterocycles. The number of aryl methyl sites for hydroxylation is 1. The third kappa shape index (κ3) is 6.49. The van der Waals surface area contributed by atoms with Crippen molar-refractivity contribution in [3.8, 4) is 11.5 Å². The molecular formula is C21H29N3O3. The Hall–Kier alpha value is -2.73. The van der Waals surface area contributed by atoms with Crippen molar-refractivity contribution in [1.82, 2.24) is 10.6 Å². The predicted octanol–water partition coefficient (Wildman–Crippen LogP) is 3.18. The van der Waals surface area contributed by atoms with Crippen molar-refractivity contribution in [3.05, 3.63) is 53.1 Å². The number of benzene rings is 2. The number of aromatic hydroxyl groups is 2. The minimum atomic E-state index is -0.364. The molecule has 0 bridgehead atoms. The fourth-order valence-electron chi connectivity index (χ4n) is 2.96. The van der Waals surface area contributed by atoms with E-state index < -0.39 is 0 Å². The summed E-state index contributed by atoms with van der Waals surface area (Å²) in [5.74, 6) is 0.370. The van der Waals surface area contributed by atoms with Crippen LogP contribution in [0.4, 0.5) is 10.5 Å². The van der Waals surface area contributed by atoms with E-state index >= 15 is 0 Å². The lowest BCUT2D eigenvalue weighted by atomic mass is 10.0. The summed E-state index contributed by atoms with van der Waals surface area (Å²) in [6.07, 6.45) is 3.73. The third-order valence-electron chi connectivity index (χ3n) is 4.41. The molecule has 2 amide bonds. The van der Waals surface area contributed by atoms with Gasteiger partial charge in [-0.25, -0.2) is 4.79 Å². The largest absolute Gasteiger partial charge is 0.508 e. The summed E-state index contributed by atoms with van der Waals surface area (Å²) in [6.45, 7) is 3.78. The molecule has 6 nitrogen and oxygen atoms in total. The van der Waals surface area contributed by atoms with Crippen LogP contribution in [0.2, 0.25) is 0 Å². The highest BCUT2D eigenvalue weighted by atomic mass is 16.3. The van der Waals surface area contributed by atoms with E-state index in [2.05, 4.69) is 22.9 Å². The minimum absolute atomic E-state index is 0.0473. The fraction of sp³-hybridized carbons (Fsp3) is 0.381. The second-order valence-corrected chi connectivity index (χ2v) is 6.51. The van der Waals surface area contributed by atoms with Crippen molar-refractivity contribution in [2.75, 3.05) is 25.5 Å². The van der Waals surface area contributed by atoms with E-state index in [4.69, 9.17) is 0 Å². The summed E-state index contributed by atoms with van der Waals surface area (Å²) in [6, 6.07) is 10.5. The SMILES string of the molecule is CCCc1cc(O)ccc1CCNCCc1ccc(O)c(NC(=O)NC)c1. The van der Waals surface area contributed by atoms with Crippen molar-refractivity contribution in [2.45, 2.75) is 32.6 Å². The highest BCUT2D eigenvalue weighted by Crippen LogP contribution is 2.24. The van der Waals surface area contributed by atoms with Gasteiger partial charge < -0.3 is 26.2 Å². The van der Waals surface area contributed by atoms with Crippen LogP contribution in [0, 0.1) is 0 Å². The number of urea groups is 1. The summed E-state index contributed by atoms with van der Waals surface area (Å²) >= 11 is 0. The van der Waals surface area contributed by atoms with Gasteiger partial charge >= 0.3 is 6.03 Å². The summed E-state index contributed by atoms with van der Waals surface area (Å²) in [4.78, 5) is 11.4. The quantitative estimate of drug-likeness (QED) is 0.346. The van der Waals surface area contributed by atoms with Crippen LogP contribution in [-0.4, -0.2) is 36.4 Å². The zero-order valence-electron chi connectivity index (χ0n) is 16.0. The molecule has 0 saturated heterocycles. The van der Waals surface area contributed by atoms with Gasteiger partial charge in [0.05, 0.1) is 5.69 Å². The maximum Gasteiger partial charge on any atom is 0.319 e. The first kappa shape index (κ1) is 20.6. The Kier molecular flexibility index (Phi) is 7.95. The first-order valence-electron chi connectivity index (χ1n) is 9.35. The molecule has 0 aliphatic carbocycles. The van der Waals surface area contributed by atoms with Crippen LogP contribution >= 0.6 is 0 Å². The molecule has 2 aromatic rings. The fourth-order valence-corrected chi connectivity index (χ4v) is 2.96. The average molecular weight is 371 g/mol. The molecule has 0 atom stereocenters. The molecule has 146 valence electrons. The summed E-state index contributed by atoms with van der Waals surface area (Å²) < 4.78 is 0. The Morgan fingerprint density at radius 3 is 2.48 bits per heavy atom. The first-order chi connectivity index (χ1) is 13.0. The highest BCUT2D eigenvalue weighted by molar-refractivity contribution is 5.90. The number of rotatable bonds is 9. The highest BCUT2D eigenvalue weighted by Gasteiger charge is 2.06. The predicted molar refractivity (Wildman–Crippen MR) is 109 cm³/mol. The van der Waals surface area contributed by atoms with Gasteiger partial charge in [-0.1, -0.05) is 25.5 Å². The number of anilines is 1. The van der Waals surface area contributed by atoms with Gasteiger partial charge in [-0.15, -0.1) is 0 Å². The molecule has 0 spiro atoms. The van der Waals surface area contributed by atoms with Gasteiger partial charge in [0, 0.05) is 7.05 Å². The van der Waals surface area contributed by atoms with Crippen molar-refractivity contribution in [3.63, 3.8) is 0 Å². The second kappa shape index (κ2) is 10.4. The van der Waals surface area contributed by atoms with Crippen molar-refractivity contribution in [2.24, 2.45) is 0 Å². The molecule has 0 fully saturated rings. The van der Waals surface area contributed by atoms with Crippen LogP contribution in [0.3, 0.4) is 0 Å². The molecule has 0 saturated carbocycles. The van der Waals surface area contributed by atoms with E-state index in [1.165, 1.54) is 18.2 Å². The molecule has 6 heteroatoms. The van der Waals surface area contributed by atoms with Crippen molar-refractivity contribution < 1.29 is 15.0 Å². The van der Waals surface area contributed by atoms with Crippen LogP contribution in [0.15, 0.2) is 36.4 Å². The Morgan fingerprint density at radius 2 is 1.74 bits per heavy atom. The van der Waals surface area contributed by atoms with Crippen LogP contribution in [-0.2, 0) is 19.3 Å². The molecular weight excluding hydrogens is 342 g/mol. The number of hydrogen-bond donors (Lipinski definition) is 5. The van der Waals surface area contributed by atoms with E-state index in [1.807, 2.05) is 18.2 Å². The Balaban J connectivity index is 1.82. The summed E-state index contributed by atoms with van der Waals surface area (Å²) in [5, 5.41) is 28.0. The summed E-state index contributed by atoms with van der Waals surface area (Å²) in [5.41, 5.74) is 3.91. The normalized spacial score (nSPS) is 10.6. The smallest absolute Gasteiger partial charge is 0.319 e. The number of carbonyl (C=O) groups is 1.